The number of nitrogens with zero attached hydrogens (tertiary/aromatic N) is 3. The van der Waals surface area contributed by atoms with E-state index in [1.54, 1.807) is 0 Å². The van der Waals surface area contributed by atoms with Crippen molar-refractivity contribution in [2.75, 3.05) is 6.61 Å². The van der Waals surface area contributed by atoms with E-state index in [1.165, 1.54) is 0 Å². The number of hydrogen-bond donors (Lipinski definition) is 0. The molecule has 114 valence electrons. The van der Waals surface area contributed by atoms with Gasteiger partial charge in [0.25, 0.3) is 0 Å². The second kappa shape index (κ2) is 6.26. The van der Waals surface area contributed by atoms with E-state index < -0.39 is 0 Å². The van der Waals surface area contributed by atoms with Crippen LogP contribution < -0.4 is 0 Å². The lowest BCUT2D eigenvalue weighted by Gasteiger charge is -2.12. The first-order valence-electron chi connectivity index (χ1n) is 7.89. The van der Waals surface area contributed by atoms with Crippen molar-refractivity contribution in [1.82, 2.24) is 15.2 Å². The molecule has 1 aromatic heterocycles. The van der Waals surface area contributed by atoms with Crippen LogP contribution in [-0.4, -0.2) is 21.8 Å². The highest BCUT2D eigenvalue weighted by atomic mass is 16.5. The van der Waals surface area contributed by atoms with Gasteiger partial charge in [0.15, 0.2) is 5.82 Å². The molecule has 1 fully saturated rings. The van der Waals surface area contributed by atoms with Crippen LogP contribution in [0.3, 0.4) is 0 Å². The van der Waals surface area contributed by atoms with Crippen molar-refractivity contribution in [3.05, 3.63) is 66.5 Å². The predicted molar refractivity (Wildman–Crippen MR) is 88.6 cm³/mol. The highest BCUT2D eigenvalue weighted by molar-refractivity contribution is 5.77. The van der Waals surface area contributed by atoms with E-state index in [0.29, 0.717) is 5.82 Å². The molecule has 1 atom stereocenters. The van der Waals surface area contributed by atoms with Crippen molar-refractivity contribution >= 4 is 0 Å². The molecule has 0 amide bonds. The van der Waals surface area contributed by atoms with Gasteiger partial charge < -0.3 is 4.74 Å². The highest BCUT2D eigenvalue weighted by Crippen LogP contribution is 2.31. The van der Waals surface area contributed by atoms with E-state index in [1.807, 2.05) is 48.5 Å². The zero-order valence-electron chi connectivity index (χ0n) is 12.7. The fraction of sp³-hybridized carbons (Fsp3) is 0.211. The average Bonchev–Trinajstić information content (AvgIpc) is 3.17. The Hall–Kier alpha value is -2.59. The molecular formula is C19H17N3O. The Morgan fingerprint density at radius 2 is 1.43 bits per heavy atom. The summed E-state index contributed by atoms with van der Waals surface area (Å²) >= 11 is 0. The summed E-state index contributed by atoms with van der Waals surface area (Å²) in [5.41, 5.74) is 3.72. The fourth-order valence-corrected chi connectivity index (χ4v) is 2.84. The van der Waals surface area contributed by atoms with Crippen molar-refractivity contribution in [1.29, 1.82) is 0 Å². The molecule has 2 heterocycles. The van der Waals surface area contributed by atoms with Crippen LogP contribution >= 0.6 is 0 Å². The van der Waals surface area contributed by atoms with Gasteiger partial charge >= 0.3 is 0 Å². The molecule has 4 rings (SSSR count). The monoisotopic (exact) mass is 303 g/mol. The first kappa shape index (κ1) is 14.0. The minimum absolute atomic E-state index is 0.0326. The van der Waals surface area contributed by atoms with Crippen molar-refractivity contribution in [2.24, 2.45) is 0 Å². The minimum atomic E-state index is -0.0326. The number of benzene rings is 2. The molecule has 0 saturated carbocycles. The van der Waals surface area contributed by atoms with Crippen LogP contribution in [0.15, 0.2) is 60.7 Å². The van der Waals surface area contributed by atoms with Crippen LogP contribution in [0.2, 0.25) is 0 Å². The van der Waals surface area contributed by atoms with Crippen molar-refractivity contribution in [3.63, 3.8) is 0 Å². The van der Waals surface area contributed by atoms with E-state index in [0.717, 1.165) is 42.0 Å². The second-order valence-corrected chi connectivity index (χ2v) is 5.60. The van der Waals surface area contributed by atoms with Crippen LogP contribution in [0, 0.1) is 0 Å². The molecule has 1 unspecified atom stereocenters. The summed E-state index contributed by atoms with van der Waals surface area (Å²) in [5, 5.41) is 8.81. The van der Waals surface area contributed by atoms with E-state index >= 15 is 0 Å². The van der Waals surface area contributed by atoms with E-state index in [-0.39, 0.29) is 6.10 Å². The molecule has 2 aromatic carbocycles. The van der Waals surface area contributed by atoms with Gasteiger partial charge in [-0.25, -0.2) is 4.98 Å². The Balaban J connectivity index is 1.85. The van der Waals surface area contributed by atoms with Gasteiger partial charge in [0.1, 0.15) is 17.5 Å². The smallest absolute Gasteiger partial charge is 0.180 e. The lowest BCUT2D eigenvalue weighted by Crippen LogP contribution is -2.07. The molecule has 1 aliphatic rings. The summed E-state index contributed by atoms with van der Waals surface area (Å²) < 4.78 is 5.71. The predicted octanol–water partition coefficient (Wildman–Crippen LogP) is 4.06. The molecule has 0 aliphatic carbocycles. The third-order valence-corrected chi connectivity index (χ3v) is 4.02. The van der Waals surface area contributed by atoms with Gasteiger partial charge in [0, 0.05) is 17.7 Å². The van der Waals surface area contributed by atoms with Gasteiger partial charge in [-0.15, -0.1) is 10.2 Å². The maximum Gasteiger partial charge on any atom is 0.180 e. The normalized spacial score (nSPS) is 17.3. The lowest BCUT2D eigenvalue weighted by molar-refractivity contribution is 0.104. The Morgan fingerprint density at radius 1 is 0.783 bits per heavy atom. The standard InChI is InChI=1S/C19H17N3O/c1-3-8-14(9-4-1)17-18(15-10-5-2-6-11-15)21-22-19(20-17)16-12-7-13-23-16/h1-6,8-11,16H,7,12-13H2. The Kier molecular flexibility index (Phi) is 3.82. The maximum absolute atomic E-state index is 5.71. The van der Waals surface area contributed by atoms with E-state index in [9.17, 15) is 0 Å². The van der Waals surface area contributed by atoms with E-state index in [2.05, 4.69) is 22.3 Å². The Bertz CT molecular complexity index is 784. The topological polar surface area (TPSA) is 47.9 Å². The summed E-state index contributed by atoms with van der Waals surface area (Å²) in [6.07, 6.45) is 1.98. The highest BCUT2D eigenvalue weighted by Gasteiger charge is 2.23. The molecule has 0 radical (unpaired) electrons. The Labute approximate surface area is 135 Å². The Morgan fingerprint density at radius 3 is 2.04 bits per heavy atom. The first-order chi connectivity index (χ1) is 11.4. The van der Waals surface area contributed by atoms with Crippen LogP contribution in [0.1, 0.15) is 24.8 Å². The van der Waals surface area contributed by atoms with Gasteiger partial charge in [-0.3, -0.25) is 0 Å². The number of hydrogen-bond acceptors (Lipinski definition) is 4. The van der Waals surface area contributed by atoms with Gasteiger partial charge in [0.2, 0.25) is 0 Å². The minimum Gasteiger partial charge on any atom is -0.370 e. The molecule has 0 spiro atoms. The van der Waals surface area contributed by atoms with Crippen molar-refractivity contribution in [3.8, 4) is 22.5 Å². The molecule has 3 aromatic rings. The zero-order chi connectivity index (χ0) is 15.5. The van der Waals surface area contributed by atoms with Crippen LogP contribution in [0.25, 0.3) is 22.5 Å². The van der Waals surface area contributed by atoms with E-state index in [4.69, 9.17) is 9.72 Å². The molecule has 0 bridgehead atoms. The zero-order valence-corrected chi connectivity index (χ0v) is 12.7. The van der Waals surface area contributed by atoms with Crippen LogP contribution in [0.5, 0.6) is 0 Å². The molecular weight excluding hydrogens is 286 g/mol. The average molecular weight is 303 g/mol. The van der Waals surface area contributed by atoms with Crippen molar-refractivity contribution < 1.29 is 4.74 Å². The van der Waals surface area contributed by atoms with Gasteiger partial charge in [-0.1, -0.05) is 60.7 Å². The third-order valence-electron chi connectivity index (χ3n) is 4.02. The molecule has 1 saturated heterocycles. The van der Waals surface area contributed by atoms with Gasteiger partial charge in [0.05, 0.1) is 0 Å². The van der Waals surface area contributed by atoms with Crippen LogP contribution in [-0.2, 0) is 4.74 Å². The number of aromatic nitrogens is 3. The van der Waals surface area contributed by atoms with Crippen molar-refractivity contribution in [2.45, 2.75) is 18.9 Å². The summed E-state index contributed by atoms with van der Waals surface area (Å²) in [5.74, 6) is 0.682. The largest absolute Gasteiger partial charge is 0.370 e. The van der Waals surface area contributed by atoms with Gasteiger partial charge in [-0.05, 0) is 12.8 Å². The second-order valence-electron chi connectivity index (χ2n) is 5.60. The molecule has 23 heavy (non-hydrogen) atoms. The summed E-state index contributed by atoms with van der Waals surface area (Å²) in [6.45, 7) is 0.773. The summed E-state index contributed by atoms with van der Waals surface area (Å²) in [6, 6.07) is 20.2. The summed E-state index contributed by atoms with van der Waals surface area (Å²) in [7, 11) is 0. The maximum atomic E-state index is 5.71. The number of rotatable bonds is 3. The van der Waals surface area contributed by atoms with Crippen LogP contribution in [0.4, 0.5) is 0 Å². The first-order valence-corrected chi connectivity index (χ1v) is 7.89. The number of ether oxygens (including phenoxy) is 1. The fourth-order valence-electron chi connectivity index (χ4n) is 2.84. The quantitative estimate of drug-likeness (QED) is 0.732. The lowest BCUT2D eigenvalue weighted by atomic mass is 10.0. The van der Waals surface area contributed by atoms with Gasteiger partial charge in [-0.2, -0.15) is 0 Å². The molecule has 4 nitrogen and oxygen atoms in total. The third kappa shape index (κ3) is 2.85. The molecule has 0 N–H and O–H groups in total. The molecule has 1 aliphatic heterocycles. The summed E-state index contributed by atoms with van der Waals surface area (Å²) in [4.78, 5) is 4.80. The SMILES string of the molecule is c1ccc(-c2nnc(C3CCCO3)nc2-c2ccccc2)cc1. The molecule has 4 heteroatoms.